The van der Waals surface area contributed by atoms with Crippen molar-refractivity contribution in [1.82, 2.24) is 26.2 Å². The lowest BCUT2D eigenvalue weighted by molar-refractivity contribution is -0.132. The van der Waals surface area contributed by atoms with Crippen LogP contribution in [0.1, 0.15) is 83.2 Å². The fourth-order valence-corrected chi connectivity index (χ4v) is 11.7. The number of anilines is 1. The van der Waals surface area contributed by atoms with Gasteiger partial charge in [-0.2, -0.15) is 11.8 Å². The summed E-state index contributed by atoms with van der Waals surface area (Å²) >= 11 is 7.86. The molecule has 72 heavy (non-hydrogen) atoms. The number of carbonyl (C=O) groups is 5. The Balaban J connectivity index is 0.940. The molecule has 0 radical (unpaired) electrons. The van der Waals surface area contributed by atoms with Crippen molar-refractivity contribution >= 4 is 68.6 Å². The fourth-order valence-electron chi connectivity index (χ4n) is 8.59. The standard InChI is InChI=1S/C53H57ClF2N6O8S2/c1-61(30-11-31-70-46-16-6-5-14-38(46)33-62(45-32-40(55)25-28-42(45)56)72(68,69)41-26-23-39(54)24-27-41)52(66)43(58-51(65)37-21-19-36(20-22-37)50(64)35-12-3-2-4-13-35)15-9-10-29-57-48(63)18-8-7-17-47-49-44(34-71-47)59-53(67)60-49/h2-6,12-14,16,19-28,32,43-44,47,49H,7-11,15,17-18,29-31,33-34H2,1H3,(H,57,63)(H,58,65)(H2,59,60,67). The Morgan fingerprint density at radius 1 is 0.833 bits per heavy atom. The summed E-state index contributed by atoms with van der Waals surface area (Å²) in [6.45, 7) is 0.255. The maximum atomic E-state index is 15.3. The van der Waals surface area contributed by atoms with Crippen molar-refractivity contribution in [3.63, 3.8) is 0 Å². The third-order valence-corrected chi connectivity index (χ3v) is 16.0. The number of benzene rings is 5. The van der Waals surface area contributed by atoms with E-state index in [1.165, 1.54) is 41.3 Å². The molecule has 2 saturated heterocycles. The largest absolute Gasteiger partial charge is 0.493 e. The number of hydrogen-bond donors (Lipinski definition) is 4. The minimum atomic E-state index is -4.45. The molecule has 4 N–H and O–H groups in total. The van der Waals surface area contributed by atoms with Crippen molar-refractivity contribution in [2.75, 3.05) is 36.8 Å². The van der Waals surface area contributed by atoms with Crippen LogP contribution in [0.15, 0.2) is 126 Å². The highest BCUT2D eigenvalue weighted by molar-refractivity contribution is 8.00. The van der Waals surface area contributed by atoms with Crippen LogP contribution in [-0.4, -0.2) is 98.7 Å². The van der Waals surface area contributed by atoms with Gasteiger partial charge in [0.2, 0.25) is 11.8 Å². The number of para-hydroxylation sites is 1. The highest BCUT2D eigenvalue weighted by atomic mass is 35.5. The zero-order chi connectivity index (χ0) is 51.2. The summed E-state index contributed by atoms with van der Waals surface area (Å²) in [4.78, 5) is 66.4. The lowest BCUT2D eigenvalue weighted by Crippen LogP contribution is -2.47. The van der Waals surface area contributed by atoms with Gasteiger partial charge in [0, 0.05) is 70.9 Å². The number of likely N-dealkylation sites (N-methyl/N-ethyl adjacent to an activating group) is 1. The third kappa shape index (κ3) is 14.1. The minimum Gasteiger partial charge on any atom is -0.493 e. The summed E-state index contributed by atoms with van der Waals surface area (Å²) in [5.74, 6) is -1.74. The smallest absolute Gasteiger partial charge is 0.315 e. The lowest BCUT2D eigenvalue weighted by Gasteiger charge is -2.26. The average molecular weight is 1040 g/mol. The second-order valence-electron chi connectivity index (χ2n) is 17.6. The summed E-state index contributed by atoms with van der Waals surface area (Å²) in [6, 6.07) is 28.7. The van der Waals surface area contributed by atoms with Crippen molar-refractivity contribution in [2.24, 2.45) is 0 Å². The quantitative estimate of drug-likeness (QED) is 0.0254. The molecule has 5 aromatic carbocycles. The molecule has 2 fully saturated rings. The molecule has 2 aliphatic rings. The Morgan fingerprint density at radius 2 is 1.54 bits per heavy atom. The van der Waals surface area contributed by atoms with Gasteiger partial charge in [-0.3, -0.25) is 23.5 Å². The van der Waals surface area contributed by atoms with E-state index in [0.29, 0.717) is 54.2 Å². The van der Waals surface area contributed by atoms with Crippen LogP contribution in [0, 0.1) is 11.6 Å². The van der Waals surface area contributed by atoms with Crippen LogP contribution in [0.25, 0.3) is 0 Å². The molecular formula is C53H57ClF2N6O8S2. The summed E-state index contributed by atoms with van der Waals surface area (Å²) in [6.07, 6.45) is 4.52. The van der Waals surface area contributed by atoms with Gasteiger partial charge in [0.1, 0.15) is 23.4 Å². The fraction of sp³-hybridized carbons (Fsp3) is 0.340. The van der Waals surface area contributed by atoms with Gasteiger partial charge in [-0.25, -0.2) is 22.0 Å². The Bertz CT molecular complexity index is 2810. The van der Waals surface area contributed by atoms with E-state index >= 15 is 4.39 Å². The maximum Gasteiger partial charge on any atom is 0.315 e. The Hall–Kier alpha value is -6.50. The van der Waals surface area contributed by atoms with Crippen LogP contribution in [0.5, 0.6) is 5.75 Å². The van der Waals surface area contributed by atoms with E-state index in [-0.39, 0.29) is 76.5 Å². The number of unbranched alkanes of at least 4 members (excludes halogenated alkanes) is 2. The number of amides is 5. The van der Waals surface area contributed by atoms with Crippen LogP contribution in [0.4, 0.5) is 19.3 Å². The number of ether oxygens (including phenoxy) is 1. The molecule has 380 valence electrons. The minimum absolute atomic E-state index is 0.0664. The van der Waals surface area contributed by atoms with E-state index in [1.807, 2.05) is 17.8 Å². The predicted octanol–water partition coefficient (Wildman–Crippen LogP) is 8.28. The van der Waals surface area contributed by atoms with Crippen LogP contribution < -0.4 is 30.3 Å². The van der Waals surface area contributed by atoms with Crippen LogP contribution in [0.3, 0.4) is 0 Å². The zero-order valence-electron chi connectivity index (χ0n) is 39.7. The van der Waals surface area contributed by atoms with E-state index in [0.717, 1.165) is 47.5 Å². The molecule has 7 rings (SSSR count). The van der Waals surface area contributed by atoms with Gasteiger partial charge in [0.05, 0.1) is 35.8 Å². The molecule has 4 atom stereocenters. The van der Waals surface area contributed by atoms with E-state index in [9.17, 15) is 36.8 Å². The number of carbonyl (C=O) groups excluding carboxylic acids is 5. The second-order valence-corrected chi connectivity index (χ2v) is 21.2. The molecule has 5 aromatic rings. The van der Waals surface area contributed by atoms with Gasteiger partial charge in [-0.05, 0) is 93.1 Å². The number of halogens is 3. The van der Waals surface area contributed by atoms with Crippen molar-refractivity contribution in [3.8, 4) is 5.75 Å². The van der Waals surface area contributed by atoms with Gasteiger partial charge < -0.3 is 30.9 Å². The summed E-state index contributed by atoms with van der Waals surface area (Å²) in [7, 11) is -2.84. The summed E-state index contributed by atoms with van der Waals surface area (Å²) in [5, 5.41) is 12.4. The molecule has 2 heterocycles. The van der Waals surface area contributed by atoms with Crippen molar-refractivity contribution in [1.29, 1.82) is 0 Å². The van der Waals surface area contributed by atoms with E-state index in [1.54, 1.807) is 67.7 Å². The molecular weight excluding hydrogens is 986 g/mol. The Labute approximate surface area is 427 Å². The molecule has 4 unspecified atom stereocenters. The molecule has 14 nitrogen and oxygen atoms in total. The summed E-state index contributed by atoms with van der Waals surface area (Å²) in [5.41, 5.74) is 1.03. The van der Waals surface area contributed by atoms with Crippen LogP contribution >= 0.6 is 23.4 Å². The monoisotopic (exact) mass is 1040 g/mol. The topological polar surface area (TPSA) is 183 Å². The number of fused-ring (bicyclic) bond motifs is 1. The number of nitrogens with one attached hydrogen (secondary N) is 4. The van der Waals surface area contributed by atoms with Gasteiger partial charge in [-0.1, -0.05) is 78.7 Å². The van der Waals surface area contributed by atoms with E-state index < -0.39 is 45.8 Å². The SMILES string of the molecule is CN(CCCOc1ccccc1CN(c1cc(F)ccc1F)S(=O)(=O)c1ccc(Cl)cc1)C(=O)C(CCCCNC(=O)CCCCC1SCC2NC(=O)NC21)NC(=O)c1ccc(C(=O)c2ccccc2)cc1. The van der Waals surface area contributed by atoms with Crippen LogP contribution in [-0.2, 0) is 26.2 Å². The van der Waals surface area contributed by atoms with Gasteiger partial charge in [0.15, 0.2) is 5.78 Å². The first-order valence-corrected chi connectivity index (χ1v) is 26.7. The van der Waals surface area contributed by atoms with Gasteiger partial charge in [0.25, 0.3) is 15.9 Å². The lowest BCUT2D eigenvalue weighted by atomic mass is 10.0. The molecule has 19 heteroatoms. The Morgan fingerprint density at radius 3 is 2.31 bits per heavy atom. The number of thioether (sulfide) groups is 1. The first-order chi connectivity index (χ1) is 34.7. The molecule has 0 aliphatic carbocycles. The van der Waals surface area contributed by atoms with Gasteiger partial charge >= 0.3 is 6.03 Å². The second kappa shape index (κ2) is 25.2. The number of sulfonamides is 1. The zero-order valence-corrected chi connectivity index (χ0v) is 42.0. The average Bonchev–Trinajstić information content (AvgIpc) is 3.95. The number of nitrogens with zero attached hydrogens (tertiary/aromatic N) is 2. The summed E-state index contributed by atoms with van der Waals surface area (Å²) < 4.78 is 64.6. The number of hydrogen-bond acceptors (Lipinski definition) is 9. The van der Waals surface area contributed by atoms with Crippen molar-refractivity contribution in [3.05, 3.63) is 160 Å². The first kappa shape index (κ1) is 53.3. The highest BCUT2D eigenvalue weighted by Gasteiger charge is 2.42. The number of rotatable bonds is 25. The van der Waals surface area contributed by atoms with Gasteiger partial charge in [-0.15, -0.1) is 0 Å². The normalized spacial score (nSPS) is 16.4. The predicted molar refractivity (Wildman–Crippen MR) is 274 cm³/mol. The molecule has 0 spiro atoms. The molecule has 2 aliphatic heterocycles. The van der Waals surface area contributed by atoms with Crippen molar-refractivity contribution in [2.45, 2.75) is 86.2 Å². The van der Waals surface area contributed by atoms with Crippen LogP contribution in [0.2, 0.25) is 5.02 Å². The Kier molecular flexibility index (Phi) is 18.7. The molecule has 0 bridgehead atoms. The van der Waals surface area contributed by atoms with E-state index in [4.69, 9.17) is 16.3 Å². The first-order valence-electron chi connectivity index (χ1n) is 23.8. The third-order valence-electron chi connectivity index (χ3n) is 12.5. The van der Waals surface area contributed by atoms with Crippen molar-refractivity contribution < 1.29 is 45.9 Å². The maximum absolute atomic E-state index is 15.3. The molecule has 0 aromatic heterocycles. The molecule has 5 amide bonds. The number of urea groups is 1. The number of ketones is 1. The highest BCUT2D eigenvalue weighted by Crippen LogP contribution is 2.34. The molecule has 0 saturated carbocycles. The van der Waals surface area contributed by atoms with E-state index in [2.05, 4.69) is 21.3 Å².